The second kappa shape index (κ2) is 9.59. The van der Waals surface area contributed by atoms with E-state index in [1.165, 1.54) is 24.3 Å². The van der Waals surface area contributed by atoms with Gasteiger partial charge in [0.1, 0.15) is 5.82 Å². The van der Waals surface area contributed by atoms with Gasteiger partial charge in [0.05, 0.1) is 25.4 Å². The molecular formula is C20H29FN2O4. The maximum atomic E-state index is 13.2. The summed E-state index contributed by atoms with van der Waals surface area (Å²) in [5.41, 5.74) is 0.500. The molecule has 1 aliphatic heterocycles. The molecule has 7 heteroatoms. The molecule has 1 saturated carbocycles. The van der Waals surface area contributed by atoms with Crippen LogP contribution in [0.3, 0.4) is 0 Å². The fraction of sp³-hybridized carbons (Fsp3) is 0.650. The summed E-state index contributed by atoms with van der Waals surface area (Å²) in [7, 11) is 1.57. The first-order valence-corrected chi connectivity index (χ1v) is 9.61. The normalized spacial score (nSPS) is 21.8. The fourth-order valence-corrected chi connectivity index (χ4v) is 3.47. The van der Waals surface area contributed by atoms with Crippen LogP contribution >= 0.6 is 0 Å². The van der Waals surface area contributed by atoms with E-state index in [0.717, 1.165) is 19.4 Å². The van der Waals surface area contributed by atoms with Gasteiger partial charge in [-0.3, -0.25) is 9.69 Å². The van der Waals surface area contributed by atoms with Crippen molar-refractivity contribution in [3.63, 3.8) is 0 Å². The van der Waals surface area contributed by atoms with E-state index in [-0.39, 0.29) is 17.8 Å². The average Bonchev–Trinajstić information content (AvgIpc) is 3.46. The van der Waals surface area contributed by atoms with Gasteiger partial charge in [0.25, 0.3) is 5.91 Å². The van der Waals surface area contributed by atoms with Gasteiger partial charge in [-0.15, -0.1) is 0 Å². The van der Waals surface area contributed by atoms with Crippen LogP contribution in [0, 0.1) is 11.7 Å². The van der Waals surface area contributed by atoms with Crippen molar-refractivity contribution in [1.29, 1.82) is 0 Å². The molecule has 1 aromatic carbocycles. The monoisotopic (exact) mass is 380 g/mol. The molecule has 150 valence electrons. The zero-order valence-corrected chi connectivity index (χ0v) is 15.8. The molecular weight excluding hydrogens is 351 g/mol. The fourth-order valence-electron chi connectivity index (χ4n) is 3.47. The molecule has 1 heterocycles. The number of aliphatic hydroxyl groups excluding tert-OH is 1. The van der Waals surface area contributed by atoms with Crippen molar-refractivity contribution in [1.82, 2.24) is 9.80 Å². The number of morpholine rings is 1. The van der Waals surface area contributed by atoms with Gasteiger partial charge in [-0.1, -0.05) is 0 Å². The van der Waals surface area contributed by atoms with E-state index in [9.17, 15) is 14.3 Å². The Labute approximate surface area is 159 Å². The van der Waals surface area contributed by atoms with E-state index in [0.29, 0.717) is 50.9 Å². The van der Waals surface area contributed by atoms with Crippen LogP contribution in [-0.4, -0.2) is 86.1 Å². The molecule has 1 aromatic rings. The molecule has 2 unspecified atom stereocenters. The SMILES string of the molecule is COCC(O)CN1CCOC(CN(CC2CC2)C(=O)c2ccc(F)cc2)C1. The molecule has 1 aliphatic carbocycles. The van der Waals surface area contributed by atoms with Crippen LogP contribution in [0.5, 0.6) is 0 Å². The van der Waals surface area contributed by atoms with Crippen molar-refractivity contribution < 1.29 is 23.8 Å². The van der Waals surface area contributed by atoms with E-state index in [2.05, 4.69) is 4.90 Å². The number of ether oxygens (including phenoxy) is 2. The second-order valence-electron chi connectivity index (χ2n) is 7.52. The van der Waals surface area contributed by atoms with Crippen molar-refractivity contribution in [3.05, 3.63) is 35.6 Å². The highest BCUT2D eigenvalue weighted by molar-refractivity contribution is 5.94. The zero-order valence-electron chi connectivity index (χ0n) is 15.8. The van der Waals surface area contributed by atoms with E-state index < -0.39 is 6.10 Å². The Bertz CT molecular complexity index is 609. The van der Waals surface area contributed by atoms with Gasteiger partial charge >= 0.3 is 0 Å². The summed E-state index contributed by atoms with van der Waals surface area (Å²) in [6, 6.07) is 5.70. The van der Waals surface area contributed by atoms with Crippen molar-refractivity contribution >= 4 is 5.91 Å². The molecule has 27 heavy (non-hydrogen) atoms. The Morgan fingerprint density at radius 1 is 1.37 bits per heavy atom. The summed E-state index contributed by atoms with van der Waals surface area (Å²) in [6.07, 6.45) is 1.66. The maximum absolute atomic E-state index is 13.2. The van der Waals surface area contributed by atoms with Gasteiger partial charge in [-0.05, 0) is 43.0 Å². The third-order valence-corrected chi connectivity index (χ3v) is 5.03. The predicted molar refractivity (Wildman–Crippen MR) is 99.1 cm³/mol. The van der Waals surface area contributed by atoms with E-state index in [1.807, 2.05) is 4.90 Å². The van der Waals surface area contributed by atoms with Crippen LogP contribution in [0.2, 0.25) is 0 Å². The van der Waals surface area contributed by atoms with Crippen molar-refractivity contribution in [3.8, 4) is 0 Å². The van der Waals surface area contributed by atoms with Crippen LogP contribution in [0.4, 0.5) is 4.39 Å². The van der Waals surface area contributed by atoms with Crippen LogP contribution in [-0.2, 0) is 9.47 Å². The molecule has 0 spiro atoms. The van der Waals surface area contributed by atoms with Gasteiger partial charge < -0.3 is 19.5 Å². The Morgan fingerprint density at radius 2 is 2.11 bits per heavy atom. The summed E-state index contributed by atoms with van der Waals surface area (Å²) in [6.45, 7) is 4.05. The lowest BCUT2D eigenvalue weighted by Gasteiger charge is -2.36. The number of amides is 1. The molecule has 0 radical (unpaired) electrons. The molecule has 2 fully saturated rings. The first-order valence-electron chi connectivity index (χ1n) is 9.61. The summed E-state index contributed by atoms with van der Waals surface area (Å²) >= 11 is 0. The smallest absolute Gasteiger partial charge is 0.253 e. The molecule has 1 saturated heterocycles. The lowest BCUT2D eigenvalue weighted by atomic mass is 10.1. The molecule has 1 N–H and O–H groups in total. The van der Waals surface area contributed by atoms with Gasteiger partial charge in [-0.2, -0.15) is 0 Å². The molecule has 0 aromatic heterocycles. The van der Waals surface area contributed by atoms with E-state index in [4.69, 9.17) is 9.47 Å². The minimum Gasteiger partial charge on any atom is -0.389 e. The first-order chi connectivity index (χ1) is 13.0. The molecule has 2 atom stereocenters. The topological polar surface area (TPSA) is 62.2 Å². The van der Waals surface area contributed by atoms with Crippen molar-refractivity contribution in [2.75, 3.05) is 53.0 Å². The minimum absolute atomic E-state index is 0.0814. The lowest BCUT2D eigenvalue weighted by molar-refractivity contribution is -0.0566. The first kappa shape index (κ1) is 20.2. The van der Waals surface area contributed by atoms with Crippen LogP contribution in [0.15, 0.2) is 24.3 Å². The number of hydrogen-bond acceptors (Lipinski definition) is 5. The highest BCUT2D eigenvalue weighted by Gasteiger charge is 2.31. The Kier molecular flexibility index (Phi) is 7.18. The number of methoxy groups -OCH3 is 1. The number of benzene rings is 1. The average molecular weight is 380 g/mol. The standard InChI is InChI=1S/C20H29FN2O4/c1-26-14-18(24)11-22-8-9-27-19(12-22)13-23(10-15-2-3-15)20(25)16-4-6-17(21)7-5-16/h4-7,15,18-19,24H,2-3,8-14H2,1H3. The Morgan fingerprint density at radius 3 is 2.78 bits per heavy atom. The predicted octanol–water partition coefficient (Wildman–Crippen LogP) is 1.39. The molecule has 2 aliphatic rings. The Hall–Kier alpha value is -1.54. The highest BCUT2D eigenvalue weighted by atomic mass is 19.1. The van der Waals surface area contributed by atoms with Crippen molar-refractivity contribution in [2.45, 2.75) is 25.0 Å². The summed E-state index contributed by atoms with van der Waals surface area (Å²) in [5.74, 6) is 0.126. The molecule has 1 amide bonds. The van der Waals surface area contributed by atoms with Gasteiger partial charge in [-0.25, -0.2) is 4.39 Å². The zero-order chi connectivity index (χ0) is 19.2. The summed E-state index contributed by atoms with van der Waals surface area (Å²) in [5, 5.41) is 9.95. The van der Waals surface area contributed by atoms with Crippen LogP contribution < -0.4 is 0 Å². The Balaban J connectivity index is 1.59. The van der Waals surface area contributed by atoms with Crippen molar-refractivity contribution in [2.24, 2.45) is 5.92 Å². The highest BCUT2D eigenvalue weighted by Crippen LogP contribution is 2.30. The number of rotatable bonds is 9. The molecule has 0 bridgehead atoms. The minimum atomic E-state index is -0.530. The van der Waals surface area contributed by atoms with E-state index in [1.54, 1.807) is 7.11 Å². The maximum Gasteiger partial charge on any atom is 0.253 e. The lowest BCUT2D eigenvalue weighted by Crippen LogP contribution is -2.51. The third kappa shape index (κ3) is 6.24. The number of halogens is 1. The van der Waals surface area contributed by atoms with Gasteiger partial charge in [0.2, 0.25) is 0 Å². The number of hydrogen-bond donors (Lipinski definition) is 1. The van der Waals surface area contributed by atoms with E-state index >= 15 is 0 Å². The largest absolute Gasteiger partial charge is 0.389 e. The third-order valence-electron chi connectivity index (χ3n) is 5.03. The van der Waals surface area contributed by atoms with Crippen LogP contribution in [0.1, 0.15) is 23.2 Å². The number of nitrogens with zero attached hydrogens (tertiary/aromatic N) is 2. The molecule has 6 nitrogen and oxygen atoms in total. The van der Waals surface area contributed by atoms with Gasteiger partial charge in [0, 0.05) is 45.4 Å². The number of β-amino-alcohol motifs (C(OH)–C–C–N with tert-alkyl or cyclic N) is 1. The van der Waals surface area contributed by atoms with Crippen LogP contribution in [0.25, 0.3) is 0 Å². The quantitative estimate of drug-likeness (QED) is 0.702. The van der Waals surface area contributed by atoms with Gasteiger partial charge in [0.15, 0.2) is 0 Å². The number of carbonyl (C=O) groups is 1. The second-order valence-corrected chi connectivity index (χ2v) is 7.52. The number of carbonyl (C=O) groups excluding carboxylic acids is 1. The summed E-state index contributed by atoms with van der Waals surface area (Å²) < 4.78 is 24.0. The summed E-state index contributed by atoms with van der Waals surface area (Å²) in [4.78, 5) is 16.9. The molecule has 3 rings (SSSR count). The number of aliphatic hydroxyl groups is 1.